The number of carbonyl (C=O) groups is 1. The van der Waals surface area contributed by atoms with E-state index in [1.54, 1.807) is 0 Å². The predicted octanol–water partition coefficient (Wildman–Crippen LogP) is 2.54. The maximum Gasteiger partial charge on any atom is 0.138 e. The van der Waals surface area contributed by atoms with Gasteiger partial charge in [0.2, 0.25) is 0 Å². The fraction of sp³-hybridized carbons (Fsp3) is 0.917. The maximum absolute atomic E-state index is 11.6. The van der Waals surface area contributed by atoms with Gasteiger partial charge in [0.05, 0.1) is 6.10 Å². The summed E-state index contributed by atoms with van der Waals surface area (Å²) >= 11 is 0. The Balaban J connectivity index is 2.56. The molecule has 1 aliphatic carbocycles. The molecular weight excluding hydrogens is 176 g/mol. The smallest absolute Gasteiger partial charge is 0.138 e. The Morgan fingerprint density at radius 1 is 1.36 bits per heavy atom. The van der Waals surface area contributed by atoms with Gasteiger partial charge in [-0.05, 0) is 18.8 Å². The average molecular weight is 198 g/mol. The average Bonchev–Trinajstić information content (AvgIpc) is 2.20. The van der Waals surface area contributed by atoms with Crippen LogP contribution < -0.4 is 0 Å². The van der Waals surface area contributed by atoms with Gasteiger partial charge in [-0.15, -0.1) is 0 Å². The van der Waals surface area contributed by atoms with Crippen molar-refractivity contribution in [3.8, 4) is 0 Å². The van der Waals surface area contributed by atoms with Crippen LogP contribution in [0.3, 0.4) is 0 Å². The zero-order chi connectivity index (χ0) is 10.6. The third-order valence-corrected chi connectivity index (χ3v) is 3.55. The second-order valence-electron chi connectivity index (χ2n) is 4.39. The normalized spacial score (nSPS) is 25.4. The number of hydrogen-bond donors (Lipinski definition) is 1. The van der Waals surface area contributed by atoms with Crippen LogP contribution in [0.25, 0.3) is 0 Å². The summed E-state index contributed by atoms with van der Waals surface area (Å²) in [6.07, 6.45) is 5.26. The van der Waals surface area contributed by atoms with Gasteiger partial charge in [-0.3, -0.25) is 4.79 Å². The molecule has 2 atom stereocenters. The van der Waals surface area contributed by atoms with Crippen LogP contribution in [0.15, 0.2) is 0 Å². The minimum Gasteiger partial charge on any atom is -0.392 e. The molecule has 0 radical (unpaired) electrons. The van der Waals surface area contributed by atoms with Crippen molar-refractivity contribution < 1.29 is 9.90 Å². The van der Waals surface area contributed by atoms with Crippen LogP contribution in [0.2, 0.25) is 0 Å². The number of aliphatic hydroxyl groups excluding tert-OH is 1. The van der Waals surface area contributed by atoms with Gasteiger partial charge in [0.1, 0.15) is 5.78 Å². The molecule has 1 saturated carbocycles. The molecule has 0 aromatic heterocycles. The molecule has 0 amide bonds. The molecule has 1 aliphatic rings. The van der Waals surface area contributed by atoms with Crippen molar-refractivity contribution >= 4 is 5.78 Å². The van der Waals surface area contributed by atoms with E-state index in [1.165, 1.54) is 0 Å². The Labute approximate surface area is 86.7 Å². The van der Waals surface area contributed by atoms with Crippen LogP contribution in [-0.2, 0) is 4.79 Å². The molecule has 0 spiro atoms. The first-order valence-electron chi connectivity index (χ1n) is 5.91. The van der Waals surface area contributed by atoms with E-state index >= 15 is 0 Å². The summed E-state index contributed by atoms with van der Waals surface area (Å²) in [5.74, 6) is 0.534. The van der Waals surface area contributed by atoms with Gasteiger partial charge >= 0.3 is 0 Å². The van der Waals surface area contributed by atoms with Gasteiger partial charge in [-0.25, -0.2) is 0 Å². The van der Waals surface area contributed by atoms with Gasteiger partial charge in [0, 0.05) is 12.3 Å². The minimum absolute atomic E-state index is 0.0614. The zero-order valence-corrected chi connectivity index (χ0v) is 9.33. The molecule has 1 fully saturated rings. The van der Waals surface area contributed by atoms with Crippen molar-refractivity contribution in [1.29, 1.82) is 0 Å². The fourth-order valence-electron chi connectivity index (χ4n) is 2.47. The molecule has 0 saturated heterocycles. The lowest BCUT2D eigenvalue weighted by Crippen LogP contribution is -2.35. The quantitative estimate of drug-likeness (QED) is 0.753. The topological polar surface area (TPSA) is 37.3 Å². The van der Waals surface area contributed by atoms with Crippen LogP contribution >= 0.6 is 0 Å². The van der Waals surface area contributed by atoms with Gasteiger partial charge in [0.15, 0.2) is 0 Å². The SMILES string of the molecule is CCC(CC)C(O)C1CCCCC1=O. The molecule has 2 unspecified atom stereocenters. The number of Topliss-reactive ketones (excluding diaryl/α,β-unsaturated/α-hetero) is 1. The van der Waals surface area contributed by atoms with Gasteiger partial charge in [0.25, 0.3) is 0 Å². The van der Waals surface area contributed by atoms with Crippen LogP contribution in [-0.4, -0.2) is 17.0 Å². The van der Waals surface area contributed by atoms with E-state index in [0.717, 1.165) is 32.1 Å². The van der Waals surface area contributed by atoms with Crippen molar-refractivity contribution in [2.45, 2.75) is 58.5 Å². The Bertz CT molecular complexity index is 185. The van der Waals surface area contributed by atoms with Crippen molar-refractivity contribution in [3.05, 3.63) is 0 Å². The molecule has 2 heteroatoms. The fourth-order valence-corrected chi connectivity index (χ4v) is 2.47. The van der Waals surface area contributed by atoms with Crippen molar-refractivity contribution in [1.82, 2.24) is 0 Å². The monoisotopic (exact) mass is 198 g/mol. The summed E-state index contributed by atoms with van der Waals surface area (Å²) in [4.78, 5) is 11.6. The largest absolute Gasteiger partial charge is 0.392 e. The second kappa shape index (κ2) is 5.50. The molecule has 0 aliphatic heterocycles. The summed E-state index contributed by atoms with van der Waals surface area (Å²) in [5, 5.41) is 10.1. The maximum atomic E-state index is 11.6. The molecule has 82 valence electrons. The minimum atomic E-state index is -0.391. The highest BCUT2D eigenvalue weighted by Gasteiger charge is 2.32. The first-order valence-corrected chi connectivity index (χ1v) is 5.91. The first kappa shape index (κ1) is 11.7. The third kappa shape index (κ3) is 2.57. The molecule has 1 rings (SSSR count). The molecule has 0 bridgehead atoms. The Morgan fingerprint density at radius 2 is 2.00 bits per heavy atom. The standard InChI is InChI=1S/C12H22O2/c1-3-9(4-2)12(14)10-7-5-6-8-11(10)13/h9-10,12,14H,3-8H2,1-2H3. The van der Waals surface area contributed by atoms with E-state index in [9.17, 15) is 9.90 Å². The highest BCUT2D eigenvalue weighted by Crippen LogP contribution is 2.29. The number of aliphatic hydroxyl groups is 1. The van der Waals surface area contributed by atoms with E-state index in [-0.39, 0.29) is 11.7 Å². The van der Waals surface area contributed by atoms with Crippen LogP contribution in [0.4, 0.5) is 0 Å². The highest BCUT2D eigenvalue weighted by molar-refractivity contribution is 5.82. The lowest BCUT2D eigenvalue weighted by atomic mass is 9.78. The molecule has 1 N–H and O–H groups in total. The second-order valence-corrected chi connectivity index (χ2v) is 4.39. The van der Waals surface area contributed by atoms with E-state index in [1.807, 2.05) is 0 Å². The van der Waals surface area contributed by atoms with E-state index in [2.05, 4.69) is 13.8 Å². The Kier molecular flexibility index (Phi) is 4.59. The summed E-state index contributed by atoms with van der Waals surface area (Å²) in [7, 11) is 0. The lowest BCUT2D eigenvalue weighted by molar-refractivity contribution is -0.130. The van der Waals surface area contributed by atoms with Gasteiger partial charge in [-0.1, -0.05) is 33.1 Å². The van der Waals surface area contributed by atoms with E-state index < -0.39 is 6.10 Å². The summed E-state index contributed by atoms with van der Waals surface area (Å²) in [6.45, 7) is 4.18. The molecular formula is C12H22O2. The lowest BCUT2D eigenvalue weighted by Gasteiger charge is -2.30. The van der Waals surface area contributed by atoms with Crippen molar-refractivity contribution in [3.63, 3.8) is 0 Å². The van der Waals surface area contributed by atoms with Crippen LogP contribution in [0, 0.1) is 11.8 Å². The molecule has 14 heavy (non-hydrogen) atoms. The van der Waals surface area contributed by atoms with Gasteiger partial charge in [-0.2, -0.15) is 0 Å². The Hall–Kier alpha value is -0.370. The number of ketones is 1. The molecule has 2 nitrogen and oxygen atoms in total. The third-order valence-electron chi connectivity index (χ3n) is 3.55. The van der Waals surface area contributed by atoms with E-state index in [0.29, 0.717) is 12.3 Å². The predicted molar refractivity (Wildman–Crippen MR) is 57.0 cm³/mol. The summed E-state index contributed by atoms with van der Waals surface area (Å²) in [5.41, 5.74) is 0. The highest BCUT2D eigenvalue weighted by atomic mass is 16.3. The molecule has 0 heterocycles. The first-order chi connectivity index (χ1) is 6.70. The summed E-state index contributed by atoms with van der Waals surface area (Å²) in [6, 6.07) is 0. The number of hydrogen-bond acceptors (Lipinski definition) is 2. The Morgan fingerprint density at radius 3 is 2.50 bits per heavy atom. The van der Waals surface area contributed by atoms with E-state index in [4.69, 9.17) is 0 Å². The van der Waals surface area contributed by atoms with Crippen LogP contribution in [0.1, 0.15) is 52.4 Å². The van der Waals surface area contributed by atoms with Crippen molar-refractivity contribution in [2.24, 2.45) is 11.8 Å². The molecule has 0 aromatic carbocycles. The number of rotatable bonds is 4. The number of carbonyl (C=O) groups excluding carboxylic acids is 1. The molecule has 0 aromatic rings. The van der Waals surface area contributed by atoms with Crippen molar-refractivity contribution in [2.75, 3.05) is 0 Å². The summed E-state index contributed by atoms with van der Waals surface area (Å²) < 4.78 is 0. The van der Waals surface area contributed by atoms with Crippen LogP contribution in [0.5, 0.6) is 0 Å². The van der Waals surface area contributed by atoms with Gasteiger partial charge < -0.3 is 5.11 Å². The zero-order valence-electron chi connectivity index (χ0n) is 9.33.